The summed E-state index contributed by atoms with van der Waals surface area (Å²) >= 11 is 1.69. The molecule has 1 aliphatic heterocycles. The highest BCUT2D eigenvalue weighted by Crippen LogP contribution is 2.25. The van der Waals surface area contributed by atoms with Gasteiger partial charge >= 0.3 is 0 Å². The molecule has 0 bridgehead atoms. The van der Waals surface area contributed by atoms with Crippen LogP contribution in [0.3, 0.4) is 0 Å². The number of thiophene rings is 1. The molecule has 1 aromatic heterocycles. The van der Waals surface area contributed by atoms with Crippen LogP contribution in [0.2, 0.25) is 0 Å². The molecule has 4 heteroatoms. The summed E-state index contributed by atoms with van der Waals surface area (Å²) in [5.41, 5.74) is 2.26. The first kappa shape index (κ1) is 12.6. The molecule has 2 heterocycles. The van der Waals surface area contributed by atoms with Gasteiger partial charge in [0.25, 0.3) is 0 Å². The monoisotopic (exact) mass is 252 g/mol. The lowest BCUT2D eigenvalue weighted by atomic mass is 9.82. The summed E-state index contributed by atoms with van der Waals surface area (Å²) in [6.07, 6.45) is 2.07. The Morgan fingerprint density at radius 2 is 2.41 bits per heavy atom. The Kier molecular flexibility index (Phi) is 3.84. The van der Waals surface area contributed by atoms with Gasteiger partial charge in [-0.25, -0.2) is 0 Å². The zero-order valence-corrected chi connectivity index (χ0v) is 11.3. The van der Waals surface area contributed by atoms with Gasteiger partial charge in [0.2, 0.25) is 5.91 Å². The number of aryl methyl sites for hydroxylation is 1. The second-order valence-corrected chi connectivity index (χ2v) is 5.85. The van der Waals surface area contributed by atoms with E-state index in [1.807, 2.05) is 0 Å². The van der Waals surface area contributed by atoms with Crippen molar-refractivity contribution in [3.05, 3.63) is 21.9 Å². The smallest absolute Gasteiger partial charge is 0.227 e. The average Bonchev–Trinajstić information content (AvgIpc) is 2.73. The fraction of sp³-hybridized carbons (Fsp3) is 0.615. The van der Waals surface area contributed by atoms with Gasteiger partial charge < -0.3 is 10.6 Å². The Bertz CT molecular complexity index is 394. The average molecular weight is 252 g/mol. The summed E-state index contributed by atoms with van der Waals surface area (Å²) in [6.45, 7) is 6.62. The molecule has 3 nitrogen and oxygen atoms in total. The number of carbonyl (C=O) groups is 1. The lowest BCUT2D eigenvalue weighted by Gasteiger charge is -2.32. The molecular weight excluding hydrogens is 232 g/mol. The van der Waals surface area contributed by atoms with Crippen LogP contribution in [0.5, 0.6) is 0 Å². The summed E-state index contributed by atoms with van der Waals surface area (Å²) in [5.74, 6) is 0.176. The highest BCUT2D eigenvalue weighted by molar-refractivity contribution is 7.08. The van der Waals surface area contributed by atoms with Crippen molar-refractivity contribution in [3.8, 4) is 0 Å². The lowest BCUT2D eigenvalue weighted by molar-refractivity contribution is -0.131. The number of piperidine rings is 1. The maximum absolute atomic E-state index is 12.2. The fourth-order valence-electron chi connectivity index (χ4n) is 2.21. The van der Waals surface area contributed by atoms with Gasteiger partial charge in [0.1, 0.15) is 0 Å². The second-order valence-electron chi connectivity index (χ2n) is 5.10. The highest BCUT2D eigenvalue weighted by atomic mass is 32.1. The van der Waals surface area contributed by atoms with Crippen LogP contribution >= 0.6 is 11.3 Å². The molecule has 17 heavy (non-hydrogen) atoms. The molecule has 0 radical (unpaired) electrons. The number of nitrogens with one attached hydrogen (secondary N) is 2. The molecule has 2 N–H and O–H groups in total. The summed E-state index contributed by atoms with van der Waals surface area (Å²) in [4.78, 5) is 12.2. The van der Waals surface area contributed by atoms with Crippen LogP contribution in [0.1, 0.15) is 30.9 Å². The minimum atomic E-state index is -0.234. The lowest BCUT2D eigenvalue weighted by Crippen LogP contribution is -2.48. The van der Waals surface area contributed by atoms with E-state index < -0.39 is 0 Å². The standard InChI is InChI=1S/C13H20N2OS/c1-10-7-17-8-11(10)6-15-12(16)13(2)4-3-5-14-9-13/h7-8,14H,3-6,9H2,1-2H3,(H,15,16). The molecule has 0 saturated carbocycles. The first-order valence-electron chi connectivity index (χ1n) is 6.12. The van der Waals surface area contributed by atoms with Gasteiger partial charge in [-0.15, -0.1) is 0 Å². The third-order valence-corrected chi connectivity index (χ3v) is 4.46. The summed E-state index contributed by atoms with van der Waals surface area (Å²) < 4.78 is 0. The van der Waals surface area contributed by atoms with Crippen molar-refractivity contribution in [1.82, 2.24) is 10.6 Å². The molecule has 1 amide bonds. The normalized spacial score (nSPS) is 24.6. The molecule has 2 rings (SSSR count). The first-order valence-corrected chi connectivity index (χ1v) is 7.07. The van der Waals surface area contributed by atoms with Gasteiger partial charge in [-0.05, 0) is 55.1 Å². The van der Waals surface area contributed by atoms with Gasteiger partial charge in [0, 0.05) is 13.1 Å². The molecule has 1 aromatic rings. The zero-order chi connectivity index (χ0) is 12.3. The maximum Gasteiger partial charge on any atom is 0.227 e. The Hall–Kier alpha value is -0.870. The number of rotatable bonds is 3. The molecular formula is C13H20N2OS. The summed E-state index contributed by atoms with van der Waals surface area (Å²) in [7, 11) is 0. The van der Waals surface area contributed by atoms with Crippen LogP contribution in [-0.4, -0.2) is 19.0 Å². The SMILES string of the molecule is Cc1cscc1CNC(=O)C1(C)CCCNC1. The summed E-state index contributed by atoms with van der Waals surface area (Å²) in [5, 5.41) is 10.6. The highest BCUT2D eigenvalue weighted by Gasteiger charge is 2.34. The third kappa shape index (κ3) is 2.87. The third-order valence-electron chi connectivity index (χ3n) is 3.55. The van der Waals surface area contributed by atoms with E-state index in [1.54, 1.807) is 11.3 Å². The molecule has 0 aliphatic carbocycles. The van der Waals surface area contributed by atoms with E-state index in [0.717, 1.165) is 25.9 Å². The minimum absolute atomic E-state index is 0.176. The maximum atomic E-state index is 12.2. The summed E-state index contributed by atoms with van der Waals surface area (Å²) in [6, 6.07) is 0. The molecule has 0 spiro atoms. The van der Waals surface area contributed by atoms with E-state index in [9.17, 15) is 4.79 Å². The Morgan fingerprint density at radius 3 is 3.00 bits per heavy atom. The molecule has 1 saturated heterocycles. The van der Waals surface area contributed by atoms with Crippen molar-refractivity contribution in [2.24, 2.45) is 5.41 Å². The molecule has 1 fully saturated rings. The van der Waals surface area contributed by atoms with E-state index in [2.05, 4.69) is 35.2 Å². The Balaban J connectivity index is 1.91. The van der Waals surface area contributed by atoms with Crippen molar-refractivity contribution in [1.29, 1.82) is 0 Å². The van der Waals surface area contributed by atoms with E-state index in [4.69, 9.17) is 0 Å². The zero-order valence-electron chi connectivity index (χ0n) is 10.5. The second kappa shape index (κ2) is 5.19. The number of amides is 1. The van der Waals surface area contributed by atoms with Crippen LogP contribution < -0.4 is 10.6 Å². The van der Waals surface area contributed by atoms with E-state index in [1.165, 1.54) is 11.1 Å². The minimum Gasteiger partial charge on any atom is -0.351 e. The topological polar surface area (TPSA) is 41.1 Å². The van der Waals surface area contributed by atoms with E-state index in [0.29, 0.717) is 6.54 Å². The molecule has 1 atom stereocenters. The van der Waals surface area contributed by atoms with Gasteiger partial charge in [-0.2, -0.15) is 11.3 Å². The quantitative estimate of drug-likeness (QED) is 0.864. The van der Waals surface area contributed by atoms with Crippen molar-refractivity contribution in [2.45, 2.75) is 33.2 Å². The van der Waals surface area contributed by atoms with Crippen molar-refractivity contribution in [3.63, 3.8) is 0 Å². The van der Waals surface area contributed by atoms with Gasteiger partial charge in [0.15, 0.2) is 0 Å². The predicted octanol–water partition coefficient (Wildman–Crippen LogP) is 2.06. The Labute approximate surface area is 107 Å². The van der Waals surface area contributed by atoms with Crippen LogP contribution in [0, 0.1) is 12.3 Å². The van der Waals surface area contributed by atoms with Gasteiger partial charge in [0.05, 0.1) is 5.41 Å². The number of hydrogen-bond donors (Lipinski definition) is 2. The van der Waals surface area contributed by atoms with Crippen LogP contribution in [0.25, 0.3) is 0 Å². The first-order chi connectivity index (χ1) is 8.12. The van der Waals surface area contributed by atoms with E-state index >= 15 is 0 Å². The fourth-order valence-corrected chi connectivity index (χ4v) is 3.06. The van der Waals surface area contributed by atoms with Gasteiger partial charge in [-0.1, -0.05) is 0 Å². The van der Waals surface area contributed by atoms with Gasteiger partial charge in [-0.3, -0.25) is 4.79 Å². The molecule has 0 aromatic carbocycles. The number of hydrogen-bond acceptors (Lipinski definition) is 3. The molecule has 1 aliphatic rings. The van der Waals surface area contributed by atoms with Crippen LogP contribution in [0.4, 0.5) is 0 Å². The predicted molar refractivity (Wildman–Crippen MR) is 71.1 cm³/mol. The van der Waals surface area contributed by atoms with Crippen LogP contribution in [0.15, 0.2) is 10.8 Å². The van der Waals surface area contributed by atoms with Crippen molar-refractivity contribution in [2.75, 3.05) is 13.1 Å². The molecule has 94 valence electrons. The van der Waals surface area contributed by atoms with E-state index in [-0.39, 0.29) is 11.3 Å². The van der Waals surface area contributed by atoms with Crippen molar-refractivity contribution < 1.29 is 4.79 Å². The van der Waals surface area contributed by atoms with Crippen molar-refractivity contribution >= 4 is 17.2 Å². The Morgan fingerprint density at radius 1 is 1.59 bits per heavy atom. The van der Waals surface area contributed by atoms with Crippen LogP contribution in [-0.2, 0) is 11.3 Å². The molecule has 1 unspecified atom stereocenters. The number of carbonyl (C=O) groups excluding carboxylic acids is 1. The largest absolute Gasteiger partial charge is 0.351 e.